The third kappa shape index (κ3) is 2.97. The first-order valence-electron chi connectivity index (χ1n) is 6.87. The van der Waals surface area contributed by atoms with Gasteiger partial charge in [0.2, 0.25) is 0 Å². The average molecular weight is 265 g/mol. The van der Waals surface area contributed by atoms with Gasteiger partial charge in [0.25, 0.3) is 0 Å². The summed E-state index contributed by atoms with van der Waals surface area (Å²) >= 11 is 0. The molecule has 1 aromatic heterocycles. The molecular weight excluding hydrogens is 242 g/mol. The molecule has 106 valence electrons. The topological polar surface area (TPSA) is 81.1 Å². The highest BCUT2D eigenvalue weighted by Crippen LogP contribution is 2.34. The number of nitrogens with zero attached hydrogens (tertiary/aromatic N) is 2. The zero-order valence-corrected chi connectivity index (χ0v) is 11.9. The summed E-state index contributed by atoms with van der Waals surface area (Å²) in [6.45, 7) is 5.04. The number of hydrogen-bond acceptors (Lipinski definition) is 4. The maximum absolute atomic E-state index is 11.4. The Morgan fingerprint density at radius 2 is 2.00 bits per heavy atom. The Labute approximate surface area is 113 Å². The van der Waals surface area contributed by atoms with Crippen LogP contribution in [0.15, 0.2) is 6.20 Å². The summed E-state index contributed by atoms with van der Waals surface area (Å²) < 4.78 is 1.86. The molecule has 5 nitrogen and oxygen atoms in total. The lowest BCUT2D eigenvalue weighted by Crippen LogP contribution is -2.23. The molecule has 0 atom stereocenters. The summed E-state index contributed by atoms with van der Waals surface area (Å²) in [6, 6.07) is 0.286. The first kappa shape index (κ1) is 14.1. The van der Waals surface area contributed by atoms with Crippen LogP contribution >= 0.6 is 0 Å². The van der Waals surface area contributed by atoms with Gasteiger partial charge in [0.15, 0.2) is 0 Å². The first-order chi connectivity index (χ1) is 8.79. The number of hydrogen-bond donors (Lipinski definition) is 2. The molecule has 5 heteroatoms. The van der Waals surface area contributed by atoms with Gasteiger partial charge in [-0.15, -0.1) is 0 Å². The van der Waals surface area contributed by atoms with Crippen molar-refractivity contribution in [1.29, 1.82) is 0 Å². The number of carbonyl (C=O) groups is 1. The Bertz CT molecular complexity index is 466. The summed E-state index contributed by atoms with van der Waals surface area (Å²) in [5.74, 6) is 0.494. The molecule has 1 fully saturated rings. The average Bonchev–Trinajstić information content (AvgIpc) is 2.71. The Morgan fingerprint density at radius 1 is 1.42 bits per heavy atom. The van der Waals surface area contributed by atoms with Crippen LogP contribution < -0.4 is 5.73 Å². The molecule has 1 heterocycles. The molecule has 1 aromatic rings. The van der Waals surface area contributed by atoms with Crippen LogP contribution in [0.25, 0.3) is 0 Å². The molecule has 1 aliphatic rings. The van der Waals surface area contributed by atoms with Gasteiger partial charge in [-0.05, 0) is 46.5 Å². The lowest BCUT2D eigenvalue weighted by atomic mass is 9.84. The molecule has 0 amide bonds. The van der Waals surface area contributed by atoms with Crippen molar-refractivity contribution in [2.24, 2.45) is 5.92 Å². The van der Waals surface area contributed by atoms with Gasteiger partial charge in [-0.25, -0.2) is 0 Å². The van der Waals surface area contributed by atoms with E-state index in [1.165, 1.54) is 0 Å². The van der Waals surface area contributed by atoms with E-state index in [1.54, 1.807) is 27.0 Å². The summed E-state index contributed by atoms with van der Waals surface area (Å²) in [5, 5.41) is 14.4. The number of nitrogens with two attached hydrogens (primary N) is 1. The van der Waals surface area contributed by atoms with Gasteiger partial charge in [-0.1, -0.05) is 0 Å². The van der Waals surface area contributed by atoms with Crippen LogP contribution in [0.4, 0.5) is 5.69 Å². The molecule has 0 spiro atoms. The van der Waals surface area contributed by atoms with Crippen LogP contribution in [0.3, 0.4) is 0 Å². The number of anilines is 1. The van der Waals surface area contributed by atoms with Crippen molar-refractivity contribution in [2.45, 2.75) is 58.1 Å². The number of Topliss-reactive ketones (excluding diaryl/α,β-unsaturated/α-hetero) is 1. The standard InChI is InChI=1S/C14H23N3O2/c1-9(18)10-4-6-11(7-5-10)17-8-12(15)13(16-17)14(2,3)19/h8,10-11,19H,4-7,15H2,1-3H3/t10-,11-. The van der Waals surface area contributed by atoms with Crippen molar-refractivity contribution in [1.82, 2.24) is 9.78 Å². The number of nitrogen functional groups attached to an aromatic ring is 1. The van der Waals surface area contributed by atoms with Crippen LogP contribution in [0, 0.1) is 5.92 Å². The normalized spacial score (nSPS) is 24.4. The molecule has 19 heavy (non-hydrogen) atoms. The Kier molecular flexibility index (Phi) is 3.67. The largest absolute Gasteiger partial charge is 0.396 e. The van der Waals surface area contributed by atoms with Gasteiger partial charge in [-0.3, -0.25) is 9.48 Å². The fraction of sp³-hybridized carbons (Fsp3) is 0.714. The molecule has 0 aliphatic heterocycles. The lowest BCUT2D eigenvalue weighted by molar-refractivity contribution is -0.121. The third-order valence-electron chi connectivity index (χ3n) is 3.99. The van der Waals surface area contributed by atoms with E-state index in [0.717, 1.165) is 25.7 Å². The molecular formula is C14H23N3O2. The molecule has 0 unspecified atom stereocenters. The van der Waals surface area contributed by atoms with Crippen molar-refractivity contribution < 1.29 is 9.90 Å². The van der Waals surface area contributed by atoms with Crippen molar-refractivity contribution >= 4 is 11.5 Å². The van der Waals surface area contributed by atoms with E-state index in [9.17, 15) is 9.90 Å². The fourth-order valence-corrected chi connectivity index (χ4v) is 2.82. The van der Waals surface area contributed by atoms with Crippen molar-refractivity contribution in [3.63, 3.8) is 0 Å². The fourth-order valence-electron chi connectivity index (χ4n) is 2.82. The second-order valence-electron chi connectivity index (χ2n) is 6.09. The predicted octanol–water partition coefficient (Wildman–Crippen LogP) is 2.01. The maximum atomic E-state index is 11.4. The molecule has 1 saturated carbocycles. The molecule has 0 saturated heterocycles. The van der Waals surface area contributed by atoms with E-state index in [2.05, 4.69) is 5.10 Å². The van der Waals surface area contributed by atoms with E-state index in [-0.39, 0.29) is 17.7 Å². The predicted molar refractivity (Wildman–Crippen MR) is 73.6 cm³/mol. The van der Waals surface area contributed by atoms with E-state index < -0.39 is 5.60 Å². The quantitative estimate of drug-likeness (QED) is 0.876. The van der Waals surface area contributed by atoms with Crippen molar-refractivity contribution in [3.8, 4) is 0 Å². The molecule has 0 radical (unpaired) electrons. The zero-order valence-electron chi connectivity index (χ0n) is 11.9. The zero-order chi connectivity index (χ0) is 14.2. The highest BCUT2D eigenvalue weighted by Gasteiger charge is 2.28. The van der Waals surface area contributed by atoms with Crippen LogP contribution in [-0.2, 0) is 10.4 Å². The highest BCUT2D eigenvalue weighted by atomic mass is 16.3. The van der Waals surface area contributed by atoms with Gasteiger partial charge in [0, 0.05) is 12.1 Å². The molecule has 0 aromatic carbocycles. The Morgan fingerprint density at radius 3 is 2.42 bits per heavy atom. The van der Waals surface area contributed by atoms with Crippen molar-refractivity contribution in [3.05, 3.63) is 11.9 Å². The van der Waals surface area contributed by atoms with Crippen LogP contribution in [0.2, 0.25) is 0 Å². The minimum Gasteiger partial charge on any atom is -0.396 e. The molecule has 0 bridgehead atoms. The Balaban J connectivity index is 2.10. The molecule has 2 rings (SSSR count). The van der Waals surface area contributed by atoms with E-state index in [0.29, 0.717) is 11.4 Å². The highest BCUT2D eigenvalue weighted by molar-refractivity contribution is 5.78. The smallest absolute Gasteiger partial charge is 0.132 e. The van der Waals surface area contributed by atoms with Crippen molar-refractivity contribution in [2.75, 3.05) is 5.73 Å². The van der Waals surface area contributed by atoms with Gasteiger partial charge in [0.05, 0.1) is 11.7 Å². The number of carbonyl (C=O) groups excluding carboxylic acids is 1. The lowest BCUT2D eigenvalue weighted by Gasteiger charge is -2.27. The summed E-state index contributed by atoms with van der Waals surface area (Å²) in [7, 11) is 0. The number of aromatic nitrogens is 2. The van der Waals surface area contributed by atoms with Gasteiger partial charge >= 0.3 is 0 Å². The summed E-state index contributed by atoms with van der Waals surface area (Å²) in [4.78, 5) is 11.4. The monoisotopic (exact) mass is 265 g/mol. The first-order valence-corrected chi connectivity index (χ1v) is 6.87. The van der Waals surface area contributed by atoms with E-state index >= 15 is 0 Å². The SMILES string of the molecule is CC(=O)[C@H]1CC[C@H](n2cc(N)c(C(C)(C)O)n2)CC1. The Hall–Kier alpha value is -1.36. The van der Waals surface area contributed by atoms with E-state index in [1.807, 2.05) is 4.68 Å². The number of rotatable bonds is 3. The van der Waals surface area contributed by atoms with Gasteiger partial charge in [0.1, 0.15) is 17.1 Å². The summed E-state index contributed by atoms with van der Waals surface area (Å²) in [5.41, 5.74) is 5.95. The summed E-state index contributed by atoms with van der Waals surface area (Å²) in [6.07, 6.45) is 5.51. The second kappa shape index (κ2) is 4.96. The maximum Gasteiger partial charge on any atom is 0.132 e. The minimum atomic E-state index is -1.02. The molecule has 1 aliphatic carbocycles. The molecule has 3 N–H and O–H groups in total. The van der Waals surface area contributed by atoms with Gasteiger partial charge < -0.3 is 10.8 Å². The van der Waals surface area contributed by atoms with E-state index in [4.69, 9.17) is 5.73 Å². The van der Waals surface area contributed by atoms with Crippen LogP contribution in [0.1, 0.15) is 58.2 Å². The van der Waals surface area contributed by atoms with Crippen LogP contribution in [-0.4, -0.2) is 20.7 Å². The number of aliphatic hydroxyl groups is 1. The number of ketones is 1. The van der Waals surface area contributed by atoms with Gasteiger partial charge in [-0.2, -0.15) is 5.10 Å². The minimum absolute atomic E-state index is 0.206. The third-order valence-corrected chi connectivity index (χ3v) is 3.99. The second-order valence-corrected chi connectivity index (χ2v) is 6.09. The van der Waals surface area contributed by atoms with Crippen LogP contribution in [0.5, 0.6) is 0 Å².